The fourth-order valence-corrected chi connectivity index (χ4v) is 3.70. The molecule has 2 amide bonds. The number of carbonyl (C=O) groups excluding carboxylic acids is 2. The lowest BCUT2D eigenvalue weighted by Crippen LogP contribution is -2.17. The summed E-state index contributed by atoms with van der Waals surface area (Å²) in [5.74, 6) is -0.247. The zero-order chi connectivity index (χ0) is 23.7. The number of anilines is 2. The summed E-state index contributed by atoms with van der Waals surface area (Å²) in [5.41, 5.74) is 2.57. The van der Waals surface area contributed by atoms with Crippen molar-refractivity contribution in [2.45, 2.75) is 6.92 Å². The Morgan fingerprint density at radius 3 is 2.53 bits per heavy atom. The Hall–Kier alpha value is -4.46. The molecule has 0 fully saturated rings. The van der Waals surface area contributed by atoms with E-state index < -0.39 is 11.7 Å². The Bertz CT molecular complexity index is 1440. The number of fused-ring (bicyclic) bond motifs is 2. The second kappa shape index (κ2) is 8.82. The molecule has 1 aliphatic heterocycles. The van der Waals surface area contributed by atoms with Gasteiger partial charge in [-0.15, -0.1) is 0 Å². The first-order chi connectivity index (χ1) is 16.5. The first-order valence-corrected chi connectivity index (χ1v) is 10.7. The van der Waals surface area contributed by atoms with E-state index in [1.54, 1.807) is 54.6 Å². The number of rotatable bonds is 4. The van der Waals surface area contributed by atoms with Crippen LogP contribution in [0, 0.1) is 12.7 Å². The predicted molar refractivity (Wildman–Crippen MR) is 126 cm³/mol. The van der Waals surface area contributed by atoms with Gasteiger partial charge in [0.05, 0.1) is 0 Å². The van der Waals surface area contributed by atoms with Gasteiger partial charge in [-0.1, -0.05) is 12.1 Å². The fourth-order valence-electron chi connectivity index (χ4n) is 3.70. The van der Waals surface area contributed by atoms with Crippen molar-refractivity contribution in [2.75, 3.05) is 23.8 Å². The van der Waals surface area contributed by atoms with Crippen molar-refractivity contribution in [2.24, 2.45) is 0 Å². The van der Waals surface area contributed by atoms with Crippen LogP contribution in [-0.2, 0) is 0 Å². The maximum Gasteiger partial charge on any atom is 0.255 e. The van der Waals surface area contributed by atoms with Crippen LogP contribution in [0.5, 0.6) is 11.5 Å². The van der Waals surface area contributed by atoms with Crippen LogP contribution in [0.2, 0.25) is 0 Å². The molecule has 34 heavy (non-hydrogen) atoms. The van der Waals surface area contributed by atoms with Crippen molar-refractivity contribution in [3.05, 3.63) is 89.4 Å². The van der Waals surface area contributed by atoms with Crippen LogP contribution in [-0.4, -0.2) is 30.0 Å². The number of ether oxygens (including phenoxy) is 2. The van der Waals surface area contributed by atoms with E-state index in [4.69, 9.17) is 9.47 Å². The maximum absolute atomic E-state index is 14.4. The number of nitrogens with one attached hydrogen (secondary N) is 2. The van der Waals surface area contributed by atoms with Crippen LogP contribution in [0.3, 0.4) is 0 Å². The molecule has 8 heteroatoms. The van der Waals surface area contributed by atoms with E-state index in [0.29, 0.717) is 47.0 Å². The Kier molecular flexibility index (Phi) is 5.55. The minimum Gasteiger partial charge on any atom is -0.486 e. The van der Waals surface area contributed by atoms with Gasteiger partial charge in [-0.2, -0.15) is 0 Å². The van der Waals surface area contributed by atoms with Crippen LogP contribution < -0.4 is 20.1 Å². The molecule has 2 heterocycles. The Labute approximate surface area is 194 Å². The molecule has 0 bridgehead atoms. The number of nitrogens with zero attached hydrogens (tertiary/aromatic N) is 1. The molecule has 3 aromatic carbocycles. The van der Waals surface area contributed by atoms with Gasteiger partial charge in [0.2, 0.25) is 0 Å². The van der Waals surface area contributed by atoms with Crippen molar-refractivity contribution in [3.63, 3.8) is 0 Å². The summed E-state index contributed by atoms with van der Waals surface area (Å²) < 4.78 is 25.4. The molecule has 0 saturated heterocycles. The first-order valence-electron chi connectivity index (χ1n) is 10.7. The van der Waals surface area contributed by atoms with E-state index in [9.17, 15) is 14.0 Å². The number of aryl methyl sites for hydroxylation is 1. The van der Waals surface area contributed by atoms with E-state index in [1.165, 1.54) is 6.20 Å². The van der Waals surface area contributed by atoms with Gasteiger partial charge in [0.15, 0.2) is 11.5 Å². The van der Waals surface area contributed by atoms with E-state index in [2.05, 4.69) is 15.6 Å². The van der Waals surface area contributed by atoms with Gasteiger partial charge >= 0.3 is 0 Å². The number of carbonyl (C=O) groups is 2. The number of halogens is 1. The van der Waals surface area contributed by atoms with Gasteiger partial charge in [0.25, 0.3) is 11.8 Å². The summed E-state index contributed by atoms with van der Waals surface area (Å²) in [5, 5.41) is 6.16. The zero-order valence-electron chi connectivity index (χ0n) is 18.2. The largest absolute Gasteiger partial charge is 0.486 e. The van der Waals surface area contributed by atoms with Crippen LogP contribution in [0.25, 0.3) is 10.9 Å². The maximum atomic E-state index is 14.4. The second-order valence-electron chi connectivity index (χ2n) is 7.83. The summed E-state index contributed by atoms with van der Waals surface area (Å²) in [6, 6.07) is 16.3. The molecule has 0 spiro atoms. The third-order valence-corrected chi connectivity index (χ3v) is 5.47. The molecule has 0 unspecified atom stereocenters. The SMILES string of the molecule is Cc1ccc(NC(=O)c2ccc3c(c2)OCCO3)cc1NC(=O)c1cc(F)c2ncccc2c1. The summed E-state index contributed by atoms with van der Waals surface area (Å²) in [4.78, 5) is 29.6. The van der Waals surface area contributed by atoms with Crippen molar-refractivity contribution >= 4 is 34.1 Å². The van der Waals surface area contributed by atoms with Crippen molar-refractivity contribution < 1.29 is 23.5 Å². The molecular weight excluding hydrogens is 437 g/mol. The number of benzene rings is 3. The molecule has 1 aliphatic rings. The van der Waals surface area contributed by atoms with Gasteiger partial charge in [-0.25, -0.2) is 4.39 Å². The molecule has 0 aliphatic carbocycles. The fraction of sp³-hybridized carbons (Fsp3) is 0.115. The van der Waals surface area contributed by atoms with Crippen molar-refractivity contribution in [3.8, 4) is 11.5 Å². The summed E-state index contributed by atoms with van der Waals surface area (Å²) in [7, 11) is 0. The number of amides is 2. The van der Waals surface area contributed by atoms with Crippen molar-refractivity contribution in [1.29, 1.82) is 0 Å². The van der Waals surface area contributed by atoms with Gasteiger partial charge in [-0.3, -0.25) is 14.6 Å². The Morgan fingerprint density at radius 2 is 1.68 bits per heavy atom. The molecule has 0 atom stereocenters. The number of pyridine rings is 1. The quantitative estimate of drug-likeness (QED) is 0.452. The molecule has 4 aromatic rings. The second-order valence-corrected chi connectivity index (χ2v) is 7.83. The average molecular weight is 457 g/mol. The molecule has 5 rings (SSSR count). The van der Waals surface area contributed by atoms with Gasteiger partial charge in [0, 0.05) is 34.1 Å². The lowest BCUT2D eigenvalue weighted by Gasteiger charge is -2.18. The highest BCUT2D eigenvalue weighted by Gasteiger charge is 2.16. The number of hydrogen-bond donors (Lipinski definition) is 2. The number of hydrogen-bond acceptors (Lipinski definition) is 5. The smallest absolute Gasteiger partial charge is 0.255 e. The van der Waals surface area contributed by atoms with E-state index in [-0.39, 0.29) is 17.0 Å². The summed E-state index contributed by atoms with van der Waals surface area (Å²) >= 11 is 0. The van der Waals surface area contributed by atoms with E-state index in [0.717, 1.165) is 11.6 Å². The molecule has 2 N–H and O–H groups in total. The van der Waals surface area contributed by atoms with E-state index >= 15 is 0 Å². The highest BCUT2D eigenvalue weighted by Crippen LogP contribution is 2.31. The monoisotopic (exact) mass is 457 g/mol. The first kappa shape index (κ1) is 21.4. The standard InChI is InChI=1S/C26H20FN3O4/c1-15-4-6-19(29-25(31)17-5-7-22-23(13-17)34-10-9-33-22)14-21(15)30-26(32)18-11-16-3-2-8-28-24(16)20(27)12-18/h2-8,11-14H,9-10H2,1H3,(H,29,31)(H,30,32). The Balaban J connectivity index is 1.35. The van der Waals surface area contributed by atoms with E-state index in [1.807, 2.05) is 6.92 Å². The van der Waals surface area contributed by atoms with Crippen molar-refractivity contribution in [1.82, 2.24) is 4.98 Å². The molecule has 170 valence electrons. The molecule has 0 radical (unpaired) electrons. The van der Waals surface area contributed by atoms with Gasteiger partial charge < -0.3 is 20.1 Å². The normalized spacial score (nSPS) is 12.3. The van der Waals surface area contributed by atoms with Gasteiger partial charge in [0.1, 0.15) is 24.5 Å². The molecule has 0 saturated carbocycles. The topological polar surface area (TPSA) is 89.5 Å². The highest BCUT2D eigenvalue weighted by molar-refractivity contribution is 6.08. The van der Waals surface area contributed by atoms with Crippen LogP contribution in [0.1, 0.15) is 26.3 Å². The van der Waals surface area contributed by atoms with Gasteiger partial charge in [-0.05, 0) is 61.0 Å². The minimum absolute atomic E-state index is 0.170. The molecule has 1 aromatic heterocycles. The van der Waals surface area contributed by atoms with Crippen LogP contribution in [0.15, 0.2) is 66.9 Å². The highest BCUT2D eigenvalue weighted by atomic mass is 19.1. The Morgan fingerprint density at radius 1 is 0.882 bits per heavy atom. The third-order valence-electron chi connectivity index (χ3n) is 5.47. The lowest BCUT2D eigenvalue weighted by molar-refractivity contribution is 0.101. The van der Waals surface area contributed by atoms with Crippen LogP contribution >= 0.6 is 0 Å². The zero-order valence-corrected chi connectivity index (χ0v) is 18.2. The molecule has 7 nitrogen and oxygen atoms in total. The third kappa shape index (κ3) is 4.25. The average Bonchev–Trinajstić information content (AvgIpc) is 2.85. The van der Waals surface area contributed by atoms with Crippen LogP contribution in [0.4, 0.5) is 15.8 Å². The summed E-state index contributed by atoms with van der Waals surface area (Å²) in [6.45, 7) is 2.72. The summed E-state index contributed by atoms with van der Waals surface area (Å²) in [6.07, 6.45) is 1.50. The lowest BCUT2D eigenvalue weighted by atomic mass is 10.1. The predicted octanol–water partition coefficient (Wildman–Crippen LogP) is 4.96. The number of aromatic nitrogens is 1. The molecular formula is C26H20FN3O4. The minimum atomic E-state index is -0.569.